The van der Waals surface area contributed by atoms with Crippen LogP contribution in [-0.2, 0) is 6.54 Å². The Hall–Kier alpha value is -1.02. The molecule has 1 heterocycles. The molecule has 1 N–H and O–H groups in total. The molecule has 1 aromatic heterocycles. The van der Waals surface area contributed by atoms with Gasteiger partial charge in [-0.1, -0.05) is 19.9 Å². The zero-order chi connectivity index (χ0) is 10.4. The molecule has 0 amide bonds. The molecular formula is C12H19NO. The van der Waals surface area contributed by atoms with Crippen molar-refractivity contribution in [3.05, 3.63) is 29.6 Å². The summed E-state index contributed by atoms with van der Waals surface area (Å²) in [6.45, 7) is 5.45. The molecule has 0 aromatic carbocycles. The number of aromatic nitrogens is 1. The smallest absolute Gasteiger partial charge is 0.0644 e. The Morgan fingerprint density at radius 3 is 2.86 bits per heavy atom. The molecule has 1 rings (SSSR count). The maximum Gasteiger partial charge on any atom is 0.0644 e. The minimum Gasteiger partial charge on any atom is -0.392 e. The number of aryl methyl sites for hydroxylation is 1. The highest BCUT2D eigenvalue weighted by Crippen LogP contribution is 2.10. The summed E-state index contributed by atoms with van der Waals surface area (Å²) in [6, 6.07) is 2.08. The molecule has 0 fully saturated rings. The summed E-state index contributed by atoms with van der Waals surface area (Å²) in [6.07, 6.45) is 8.33. The quantitative estimate of drug-likeness (QED) is 0.764. The van der Waals surface area contributed by atoms with Crippen LogP contribution in [-0.4, -0.2) is 16.3 Å². The van der Waals surface area contributed by atoms with Crippen molar-refractivity contribution in [3.63, 3.8) is 0 Å². The van der Waals surface area contributed by atoms with Crippen LogP contribution >= 0.6 is 0 Å². The van der Waals surface area contributed by atoms with Gasteiger partial charge in [0.15, 0.2) is 0 Å². The lowest BCUT2D eigenvalue weighted by Gasteiger charge is -1.98. The fraction of sp³-hybridized carbons (Fsp3) is 0.500. The highest BCUT2D eigenvalue weighted by Gasteiger charge is 1.95. The van der Waals surface area contributed by atoms with Crippen molar-refractivity contribution in [2.24, 2.45) is 0 Å². The first-order valence-electron chi connectivity index (χ1n) is 5.26. The van der Waals surface area contributed by atoms with E-state index >= 15 is 0 Å². The van der Waals surface area contributed by atoms with Crippen LogP contribution in [0, 0.1) is 0 Å². The third-order valence-electron chi connectivity index (χ3n) is 2.28. The summed E-state index contributed by atoms with van der Waals surface area (Å²) >= 11 is 0. The average Bonchev–Trinajstić information content (AvgIpc) is 2.63. The van der Waals surface area contributed by atoms with Crippen molar-refractivity contribution in [2.45, 2.75) is 33.2 Å². The van der Waals surface area contributed by atoms with E-state index < -0.39 is 0 Å². The lowest BCUT2D eigenvalue weighted by atomic mass is 10.1. The fourth-order valence-electron chi connectivity index (χ4n) is 1.44. The molecule has 1 aromatic rings. The Kier molecular flexibility index (Phi) is 4.47. The number of aliphatic hydroxyl groups is 1. The molecule has 0 unspecified atom stereocenters. The zero-order valence-electron chi connectivity index (χ0n) is 9.03. The molecule has 2 nitrogen and oxygen atoms in total. The van der Waals surface area contributed by atoms with Crippen molar-refractivity contribution < 1.29 is 5.11 Å². The van der Waals surface area contributed by atoms with Crippen LogP contribution in [0.2, 0.25) is 0 Å². The Morgan fingerprint density at radius 1 is 1.50 bits per heavy atom. The third kappa shape index (κ3) is 3.04. The van der Waals surface area contributed by atoms with Gasteiger partial charge in [0.2, 0.25) is 0 Å². The summed E-state index contributed by atoms with van der Waals surface area (Å²) in [5.74, 6) is 0. The van der Waals surface area contributed by atoms with E-state index in [9.17, 15) is 0 Å². The van der Waals surface area contributed by atoms with Crippen LogP contribution in [0.4, 0.5) is 0 Å². The van der Waals surface area contributed by atoms with Gasteiger partial charge in [0.25, 0.3) is 0 Å². The molecule has 0 saturated heterocycles. The van der Waals surface area contributed by atoms with E-state index in [-0.39, 0.29) is 6.61 Å². The van der Waals surface area contributed by atoms with Gasteiger partial charge in [0, 0.05) is 18.9 Å². The molecule has 0 aliphatic carbocycles. The summed E-state index contributed by atoms with van der Waals surface area (Å²) < 4.78 is 2.18. The number of hydrogen-bond donors (Lipinski definition) is 1. The first-order chi connectivity index (χ1) is 6.80. The Labute approximate surface area is 85.9 Å². The molecule has 0 bridgehead atoms. The summed E-state index contributed by atoms with van der Waals surface area (Å²) in [5.41, 5.74) is 2.27. The standard InChI is InChI=1S/C12H19NO/c1-3-6-13-7-5-12(9-13)8-11(4-2)10-14/h5,7-9,14H,3-4,6,10H2,1-2H3. The minimum absolute atomic E-state index is 0.162. The largest absolute Gasteiger partial charge is 0.392 e. The molecule has 0 radical (unpaired) electrons. The van der Waals surface area contributed by atoms with Crippen LogP contribution < -0.4 is 0 Å². The summed E-state index contributed by atoms with van der Waals surface area (Å²) in [4.78, 5) is 0. The van der Waals surface area contributed by atoms with Gasteiger partial charge in [-0.3, -0.25) is 0 Å². The fourth-order valence-corrected chi connectivity index (χ4v) is 1.44. The molecule has 0 spiro atoms. The van der Waals surface area contributed by atoms with Gasteiger partial charge < -0.3 is 9.67 Å². The van der Waals surface area contributed by atoms with Crippen LogP contribution in [0.1, 0.15) is 32.3 Å². The zero-order valence-corrected chi connectivity index (χ0v) is 9.03. The molecule has 14 heavy (non-hydrogen) atoms. The maximum atomic E-state index is 9.02. The van der Waals surface area contributed by atoms with Crippen molar-refractivity contribution in [1.29, 1.82) is 0 Å². The minimum atomic E-state index is 0.162. The number of aliphatic hydroxyl groups excluding tert-OH is 1. The molecular weight excluding hydrogens is 174 g/mol. The maximum absolute atomic E-state index is 9.02. The third-order valence-corrected chi connectivity index (χ3v) is 2.28. The van der Waals surface area contributed by atoms with Gasteiger partial charge in [-0.05, 0) is 30.0 Å². The van der Waals surface area contributed by atoms with Gasteiger partial charge in [-0.25, -0.2) is 0 Å². The molecule has 0 aliphatic rings. The topological polar surface area (TPSA) is 25.2 Å². The summed E-state index contributed by atoms with van der Waals surface area (Å²) in [7, 11) is 0. The predicted octanol–water partition coefficient (Wildman–Crippen LogP) is 2.68. The van der Waals surface area contributed by atoms with Crippen LogP contribution in [0.5, 0.6) is 0 Å². The highest BCUT2D eigenvalue weighted by atomic mass is 16.3. The number of hydrogen-bond acceptors (Lipinski definition) is 1. The van der Waals surface area contributed by atoms with Gasteiger partial charge >= 0.3 is 0 Å². The molecule has 2 heteroatoms. The van der Waals surface area contributed by atoms with E-state index in [1.54, 1.807) is 0 Å². The van der Waals surface area contributed by atoms with E-state index in [1.165, 1.54) is 5.56 Å². The van der Waals surface area contributed by atoms with Crippen LogP contribution in [0.15, 0.2) is 24.0 Å². The van der Waals surface area contributed by atoms with Crippen molar-refractivity contribution in [2.75, 3.05) is 6.61 Å². The second-order valence-corrected chi connectivity index (χ2v) is 3.50. The van der Waals surface area contributed by atoms with Gasteiger partial charge in [-0.2, -0.15) is 0 Å². The van der Waals surface area contributed by atoms with Gasteiger partial charge in [-0.15, -0.1) is 0 Å². The first kappa shape index (κ1) is 11.1. The predicted molar refractivity (Wildman–Crippen MR) is 60.1 cm³/mol. The second-order valence-electron chi connectivity index (χ2n) is 3.50. The van der Waals surface area contributed by atoms with Crippen molar-refractivity contribution in [1.82, 2.24) is 4.57 Å². The molecule has 78 valence electrons. The molecule has 0 aliphatic heterocycles. The molecule has 0 atom stereocenters. The number of rotatable bonds is 5. The van der Waals surface area contributed by atoms with Gasteiger partial charge in [0.05, 0.1) is 6.61 Å². The van der Waals surface area contributed by atoms with Crippen LogP contribution in [0.25, 0.3) is 6.08 Å². The Balaban J connectivity index is 2.71. The van der Waals surface area contributed by atoms with E-state index in [1.807, 2.05) is 0 Å². The average molecular weight is 193 g/mol. The normalized spacial score (nSPS) is 12.1. The second kappa shape index (κ2) is 5.66. The first-order valence-corrected chi connectivity index (χ1v) is 5.26. The lowest BCUT2D eigenvalue weighted by Crippen LogP contribution is -1.91. The van der Waals surface area contributed by atoms with E-state index in [4.69, 9.17) is 5.11 Å². The summed E-state index contributed by atoms with van der Waals surface area (Å²) in [5, 5.41) is 9.02. The van der Waals surface area contributed by atoms with Gasteiger partial charge in [0.1, 0.15) is 0 Å². The molecule has 0 saturated carbocycles. The number of nitrogens with zero attached hydrogens (tertiary/aromatic N) is 1. The van der Waals surface area contributed by atoms with Crippen molar-refractivity contribution >= 4 is 6.08 Å². The Bertz CT molecular complexity index is 293. The Morgan fingerprint density at radius 2 is 2.29 bits per heavy atom. The van der Waals surface area contributed by atoms with E-state index in [0.717, 1.165) is 25.0 Å². The lowest BCUT2D eigenvalue weighted by molar-refractivity contribution is 0.329. The SMILES string of the molecule is CCCn1ccc(C=C(CC)CO)c1. The monoisotopic (exact) mass is 193 g/mol. The highest BCUT2D eigenvalue weighted by molar-refractivity contribution is 5.52. The van der Waals surface area contributed by atoms with E-state index in [0.29, 0.717) is 0 Å². The van der Waals surface area contributed by atoms with E-state index in [2.05, 4.69) is 43.0 Å². The van der Waals surface area contributed by atoms with Crippen LogP contribution in [0.3, 0.4) is 0 Å². The van der Waals surface area contributed by atoms with Crippen molar-refractivity contribution in [3.8, 4) is 0 Å².